The van der Waals surface area contributed by atoms with Gasteiger partial charge in [-0.25, -0.2) is 0 Å². The molecule has 0 bridgehead atoms. The largest absolute Gasteiger partial charge is 0.508 e. The van der Waals surface area contributed by atoms with Crippen molar-refractivity contribution in [2.75, 3.05) is 11.4 Å². The first-order valence-electron chi connectivity index (χ1n) is 6.96. The van der Waals surface area contributed by atoms with Gasteiger partial charge in [0.1, 0.15) is 5.75 Å². The number of phenolic OH excluding ortho intramolecular Hbond substituents is 1. The van der Waals surface area contributed by atoms with Gasteiger partial charge < -0.3 is 10.0 Å². The Morgan fingerprint density at radius 3 is 2.90 bits per heavy atom. The van der Waals surface area contributed by atoms with Crippen molar-refractivity contribution in [1.29, 1.82) is 0 Å². The van der Waals surface area contributed by atoms with Gasteiger partial charge in [-0.2, -0.15) is 0 Å². The molecule has 1 N–H and O–H groups in total. The SMILES string of the molecule is Cc1ccc2c(c1)CCCN2Cc1c(O)cccc1Cl. The molecular formula is C17H18ClNO. The molecule has 0 unspecified atom stereocenters. The summed E-state index contributed by atoms with van der Waals surface area (Å²) in [5.41, 5.74) is 4.76. The van der Waals surface area contributed by atoms with Crippen LogP contribution in [0.25, 0.3) is 0 Å². The number of aryl methyl sites for hydroxylation is 2. The number of halogens is 1. The summed E-state index contributed by atoms with van der Waals surface area (Å²) in [5.74, 6) is 0.275. The molecule has 0 fully saturated rings. The van der Waals surface area contributed by atoms with E-state index in [1.165, 1.54) is 16.8 Å². The number of aromatic hydroxyl groups is 1. The molecule has 0 saturated carbocycles. The van der Waals surface area contributed by atoms with Gasteiger partial charge >= 0.3 is 0 Å². The maximum absolute atomic E-state index is 10.0. The molecule has 1 aliphatic rings. The van der Waals surface area contributed by atoms with Gasteiger partial charge in [-0.05, 0) is 43.5 Å². The normalized spacial score (nSPS) is 14.2. The Kier molecular flexibility index (Phi) is 3.58. The average molecular weight is 288 g/mol. The van der Waals surface area contributed by atoms with Crippen LogP contribution >= 0.6 is 11.6 Å². The molecule has 2 aromatic carbocycles. The molecule has 2 nitrogen and oxygen atoms in total. The van der Waals surface area contributed by atoms with E-state index in [1.54, 1.807) is 12.1 Å². The molecule has 0 saturated heterocycles. The van der Waals surface area contributed by atoms with E-state index in [0.717, 1.165) is 24.9 Å². The van der Waals surface area contributed by atoms with Crippen molar-refractivity contribution in [3.05, 3.63) is 58.1 Å². The fourth-order valence-electron chi connectivity index (χ4n) is 2.86. The maximum Gasteiger partial charge on any atom is 0.122 e. The van der Waals surface area contributed by atoms with E-state index >= 15 is 0 Å². The van der Waals surface area contributed by atoms with Gasteiger partial charge in [0.25, 0.3) is 0 Å². The van der Waals surface area contributed by atoms with Crippen molar-refractivity contribution in [2.45, 2.75) is 26.3 Å². The van der Waals surface area contributed by atoms with Crippen LogP contribution in [-0.4, -0.2) is 11.7 Å². The van der Waals surface area contributed by atoms with Crippen molar-refractivity contribution < 1.29 is 5.11 Å². The van der Waals surface area contributed by atoms with Gasteiger partial charge in [-0.15, -0.1) is 0 Å². The van der Waals surface area contributed by atoms with Gasteiger partial charge in [-0.1, -0.05) is 35.4 Å². The summed E-state index contributed by atoms with van der Waals surface area (Å²) in [6.45, 7) is 3.78. The number of hydrogen-bond acceptors (Lipinski definition) is 2. The average Bonchev–Trinajstić information content (AvgIpc) is 2.42. The highest BCUT2D eigenvalue weighted by Gasteiger charge is 2.19. The predicted octanol–water partition coefficient (Wildman–Crippen LogP) is 4.31. The second-order valence-electron chi connectivity index (χ2n) is 5.39. The third kappa shape index (κ3) is 2.48. The summed E-state index contributed by atoms with van der Waals surface area (Å²) in [5, 5.41) is 10.6. The van der Waals surface area contributed by atoms with Crippen LogP contribution in [0.2, 0.25) is 5.02 Å². The van der Waals surface area contributed by atoms with Crippen molar-refractivity contribution in [3.8, 4) is 5.75 Å². The Hall–Kier alpha value is -1.67. The zero-order valence-corrected chi connectivity index (χ0v) is 12.3. The van der Waals surface area contributed by atoms with Crippen molar-refractivity contribution in [1.82, 2.24) is 0 Å². The second-order valence-corrected chi connectivity index (χ2v) is 5.80. The van der Waals surface area contributed by atoms with Gasteiger partial charge in [0.2, 0.25) is 0 Å². The number of fused-ring (bicyclic) bond motifs is 1. The van der Waals surface area contributed by atoms with Gasteiger partial charge in [0.15, 0.2) is 0 Å². The number of hydrogen-bond donors (Lipinski definition) is 1. The number of anilines is 1. The highest BCUT2D eigenvalue weighted by Crippen LogP contribution is 2.33. The molecule has 2 aromatic rings. The second kappa shape index (κ2) is 5.37. The molecule has 3 rings (SSSR count). The van der Waals surface area contributed by atoms with Crippen LogP contribution in [0.5, 0.6) is 5.75 Å². The smallest absolute Gasteiger partial charge is 0.122 e. The third-order valence-corrected chi connectivity index (χ3v) is 4.25. The molecule has 0 amide bonds. The molecule has 3 heteroatoms. The molecule has 0 atom stereocenters. The van der Waals surface area contributed by atoms with E-state index in [9.17, 15) is 5.11 Å². The lowest BCUT2D eigenvalue weighted by Gasteiger charge is -2.32. The van der Waals surface area contributed by atoms with Crippen LogP contribution in [-0.2, 0) is 13.0 Å². The van der Waals surface area contributed by atoms with Crippen LogP contribution in [0.3, 0.4) is 0 Å². The molecule has 1 aliphatic heterocycles. The fraction of sp³-hybridized carbons (Fsp3) is 0.294. The molecule has 0 radical (unpaired) electrons. The van der Waals surface area contributed by atoms with E-state index in [2.05, 4.69) is 30.0 Å². The minimum Gasteiger partial charge on any atom is -0.508 e. The highest BCUT2D eigenvalue weighted by molar-refractivity contribution is 6.31. The fourth-order valence-corrected chi connectivity index (χ4v) is 3.09. The number of rotatable bonds is 2. The Morgan fingerprint density at radius 2 is 2.10 bits per heavy atom. The van der Waals surface area contributed by atoms with Crippen molar-refractivity contribution >= 4 is 17.3 Å². The van der Waals surface area contributed by atoms with Crippen molar-refractivity contribution in [2.24, 2.45) is 0 Å². The molecule has 104 valence electrons. The summed E-state index contributed by atoms with van der Waals surface area (Å²) in [6, 6.07) is 11.9. The standard InChI is InChI=1S/C17H18ClNO/c1-12-7-8-16-13(10-12)4-3-9-19(16)11-14-15(18)5-2-6-17(14)20/h2,5-8,10,20H,3-4,9,11H2,1H3. The summed E-state index contributed by atoms with van der Waals surface area (Å²) in [7, 11) is 0. The van der Waals surface area contributed by atoms with Crippen LogP contribution in [0, 0.1) is 6.92 Å². The Balaban J connectivity index is 1.94. The summed E-state index contributed by atoms with van der Waals surface area (Å²) < 4.78 is 0. The first kappa shape index (κ1) is 13.3. The molecule has 0 spiro atoms. The summed E-state index contributed by atoms with van der Waals surface area (Å²) in [6.07, 6.45) is 2.27. The third-order valence-electron chi connectivity index (χ3n) is 3.89. The van der Waals surface area contributed by atoms with E-state index in [0.29, 0.717) is 11.6 Å². The first-order chi connectivity index (χ1) is 9.65. The van der Waals surface area contributed by atoms with E-state index in [1.807, 2.05) is 6.07 Å². The quantitative estimate of drug-likeness (QED) is 0.890. The van der Waals surface area contributed by atoms with Crippen molar-refractivity contribution in [3.63, 3.8) is 0 Å². The molecule has 1 heterocycles. The lowest BCUT2D eigenvalue weighted by Crippen LogP contribution is -2.29. The Labute approximate surface area is 124 Å². The van der Waals surface area contributed by atoms with Gasteiger partial charge in [0.05, 0.1) is 0 Å². The van der Waals surface area contributed by atoms with Crippen LogP contribution < -0.4 is 4.90 Å². The summed E-state index contributed by atoms with van der Waals surface area (Å²) >= 11 is 6.21. The molecule has 0 aromatic heterocycles. The lowest BCUT2D eigenvalue weighted by atomic mass is 9.99. The van der Waals surface area contributed by atoms with E-state index < -0.39 is 0 Å². The maximum atomic E-state index is 10.0. The minimum atomic E-state index is 0.275. The zero-order chi connectivity index (χ0) is 14.1. The minimum absolute atomic E-state index is 0.275. The highest BCUT2D eigenvalue weighted by atomic mass is 35.5. The predicted molar refractivity (Wildman–Crippen MR) is 83.7 cm³/mol. The van der Waals surface area contributed by atoms with E-state index in [4.69, 9.17) is 11.6 Å². The van der Waals surface area contributed by atoms with E-state index in [-0.39, 0.29) is 5.75 Å². The van der Waals surface area contributed by atoms with Crippen LogP contribution in [0.15, 0.2) is 36.4 Å². The van der Waals surface area contributed by atoms with Crippen LogP contribution in [0.4, 0.5) is 5.69 Å². The topological polar surface area (TPSA) is 23.5 Å². The van der Waals surface area contributed by atoms with Gasteiger partial charge in [-0.3, -0.25) is 0 Å². The molecular weight excluding hydrogens is 270 g/mol. The summed E-state index contributed by atoms with van der Waals surface area (Å²) in [4.78, 5) is 2.30. The Bertz CT molecular complexity index is 619. The molecule has 20 heavy (non-hydrogen) atoms. The number of nitrogens with zero attached hydrogens (tertiary/aromatic N) is 1. The Morgan fingerprint density at radius 1 is 1.25 bits per heavy atom. The van der Waals surface area contributed by atoms with Gasteiger partial charge in [0, 0.05) is 29.4 Å². The lowest BCUT2D eigenvalue weighted by molar-refractivity contribution is 0.466. The number of phenols is 1. The first-order valence-corrected chi connectivity index (χ1v) is 7.34. The zero-order valence-electron chi connectivity index (χ0n) is 11.6. The monoisotopic (exact) mass is 287 g/mol. The number of benzene rings is 2. The molecule has 0 aliphatic carbocycles. The van der Waals surface area contributed by atoms with Crippen LogP contribution in [0.1, 0.15) is 23.1 Å².